The summed E-state index contributed by atoms with van der Waals surface area (Å²) in [6.07, 6.45) is 4.29. The van der Waals surface area contributed by atoms with Gasteiger partial charge in [-0.15, -0.1) is 0 Å². The molecule has 0 unspecified atom stereocenters. The van der Waals surface area contributed by atoms with Crippen LogP contribution < -0.4 is 5.32 Å². The van der Waals surface area contributed by atoms with Crippen LogP contribution in [0.5, 0.6) is 0 Å². The lowest BCUT2D eigenvalue weighted by atomic mass is 9.78. The van der Waals surface area contributed by atoms with Gasteiger partial charge in [0.25, 0.3) is 0 Å². The van der Waals surface area contributed by atoms with Crippen LogP contribution in [0.2, 0.25) is 0 Å². The highest BCUT2D eigenvalue weighted by molar-refractivity contribution is 5.77. The zero-order chi connectivity index (χ0) is 12.8. The summed E-state index contributed by atoms with van der Waals surface area (Å²) in [5.74, 6) is 0.342. The van der Waals surface area contributed by atoms with Crippen LogP contribution in [0.25, 0.3) is 0 Å². The third kappa shape index (κ3) is 4.75. The molecule has 1 rings (SSSR count). The Balaban J connectivity index is 2.27. The lowest BCUT2D eigenvalue weighted by Crippen LogP contribution is -2.43. The Morgan fingerprint density at radius 1 is 1.24 bits per heavy atom. The molecule has 0 saturated heterocycles. The summed E-state index contributed by atoms with van der Waals surface area (Å²) in [6.45, 7) is 4.42. The van der Waals surface area contributed by atoms with E-state index >= 15 is 0 Å². The third-order valence-electron chi connectivity index (χ3n) is 3.85. The van der Waals surface area contributed by atoms with Crippen LogP contribution in [-0.4, -0.2) is 23.0 Å². The maximum absolute atomic E-state index is 11.6. The van der Waals surface area contributed by atoms with Crippen molar-refractivity contribution in [3.8, 4) is 0 Å². The Labute approximate surface area is 103 Å². The molecule has 0 aromatic rings. The van der Waals surface area contributed by atoms with Gasteiger partial charge in [-0.3, -0.25) is 9.59 Å². The first-order chi connectivity index (χ1) is 8.00. The quantitative estimate of drug-likeness (QED) is 0.775. The van der Waals surface area contributed by atoms with E-state index in [1.165, 1.54) is 12.8 Å². The number of hydrogen-bond donors (Lipinski definition) is 2. The maximum atomic E-state index is 11.6. The first-order valence-electron chi connectivity index (χ1n) is 6.52. The summed E-state index contributed by atoms with van der Waals surface area (Å²) in [4.78, 5) is 22.0. The van der Waals surface area contributed by atoms with Crippen LogP contribution in [-0.2, 0) is 9.59 Å². The zero-order valence-electron chi connectivity index (χ0n) is 10.7. The number of nitrogens with one attached hydrogen (secondary N) is 1. The molecule has 0 aromatic heterocycles. The van der Waals surface area contributed by atoms with Crippen LogP contribution in [0.3, 0.4) is 0 Å². The minimum Gasteiger partial charge on any atom is -0.481 e. The van der Waals surface area contributed by atoms with Crippen molar-refractivity contribution in [1.29, 1.82) is 0 Å². The number of carboxylic acids is 1. The van der Waals surface area contributed by atoms with Gasteiger partial charge < -0.3 is 10.4 Å². The van der Waals surface area contributed by atoms with E-state index in [1.54, 1.807) is 0 Å². The van der Waals surface area contributed by atoms with E-state index in [9.17, 15) is 9.59 Å². The molecule has 3 atom stereocenters. The first kappa shape index (κ1) is 14.0. The average Bonchev–Trinajstić information content (AvgIpc) is 2.24. The van der Waals surface area contributed by atoms with Crippen LogP contribution >= 0.6 is 0 Å². The summed E-state index contributed by atoms with van der Waals surface area (Å²) < 4.78 is 0. The fraction of sp³-hybridized carbons (Fsp3) is 0.846. The highest BCUT2D eigenvalue weighted by Crippen LogP contribution is 2.29. The van der Waals surface area contributed by atoms with E-state index in [0.29, 0.717) is 24.7 Å². The van der Waals surface area contributed by atoms with Gasteiger partial charge in [0.1, 0.15) is 0 Å². The second-order valence-electron chi connectivity index (χ2n) is 5.19. The van der Waals surface area contributed by atoms with E-state index in [0.717, 1.165) is 6.42 Å². The van der Waals surface area contributed by atoms with Crippen LogP contribution in [0.1, 0.15) is 52.4 Å². The van der Waals surface area contributed by atoms with Crippen LogP contribution in [0, 0.1) is 11.8 Å². The third-order valence-corrected chi connectivity index (χ3v) is 3.85. The van der Waals surface area contributed by atoms with Crippen LogP contribution in [0.15, 0.2) is 0 Å². The summed E-state index contributed by atoms with van der Waals surface area (Å²) >= 11 is 0. The van der Waals surface area contributed by atoms with E-state index in [-0.39, 0.29) is 18.4 Å². The Morgan fingerprint density at radius 3 is 2.59 bits per heavy atom. The van der Waals surface area contributed by atoms with Crippen molar-refractivity contribution in [1.82, 2.24) is 5.32 Å². The Bertz CT molecular complexity index is 278. The number of carbonyl (C=O) groups is 2. The molecule has 4 heteroatoms. The first-order valence-corrected chi connectivity index (χ1v) is 6.52. The second-order valence-corrected chi connectivity index (χ2v) is 5.19. The predicted octanol–water partition coefficient (Wildman–Crippen LogP) is 2.18. The molecule has 17 heavy (non-hydrogen) atoms. The van der Waals surface area contributed by atoms with Gasteiger partial charge >= 0.3 is 5.97 Å². The highest BCUT2D eigenvalue weighted by Gasteiger charge is 2.27. The SMILES string of the molecule is C[C@H]1[C@@H](NC(=O)CCCC(=O)O)CCC[C@@H]1C. The Kier molecular flexibility index (Phi) is 5.45. The van der Waals surface area contributed by atoms with Gasteiger partial charge in [-0.25, -0.2) is 0 Å². The molecule has 0 aromatic carbocycles. The molecule has 0 spiro atoms. The highest BCUT2D eigenvalue weighted by atomic mass is 16.4. The molecule has 1 aliphatic carbocycles. The molecular weight excluding hydrogens is 218 g/mol. The molecule has 98 valence electrons. The zero-order valence-corrected chi connectivity index (χ0v) is 10.7. The monoisotopic (exact) mass is 241 g/mol. The fourth-order valence-electron chi connectivity index (χ4n) is 2.46. The number of aliphatic carboxylic acids is 1. The molecule has 1 amide bonds. The van der Waals surface area contributed by atoms with Gasteiger partial charge in [0.05, 0.1) is 0 Å². The molecule has 1 aliphatic rings. The number of amides is 1. The lowest BCUT2D eigenvalue weighted by Gasteiger charge is -2.34. The van der Waals surface area contributed by atoms with Gasteiger partial charge in [-0.1, -0.05) is 26.7 Å². The number of rotatable bonds is 5. The second kappa shape index (κ2) is 6.62. The molecule has 0 bridgehead atoms. The van der Waals surface area contributed by atoms with Gasteiger partial charge in [-0.05, 0) is 24.7 Å². The molecule has 4 nitrogen and oxygen atoms in total. The molecule has 2 N–H and O–H groups in total. The summed E-state index contributed by atoms with van der Waals surface area (Å²) in [5.41, 5.74) is 0. The van der Waals surface area contributed by atoms with Gasteiger partial charge in [-0.2, -0.15) is 0 Å². The number of carbonyl (C=O) groups excluding carboxylic acids is 1. The van der Waals surface area contributed by atoms with Crippen molar-refractivity contribution >= 4 is 11.9 Å². The fourth-order valence-corrected chi connectivity index (χ4v) is 2.46. The predicted molar refractivity (Wildman–Crippen MR) is 65.6 cm³/mol. The van der Waals surface area contributed by atoms with Gasteiger partial charge in [0.15, 0.2) is 0 Å². The molecule has 1 saturated carbocycles. The van der Waals surface area contributed by atoms with Crippen molar-refractivity contribution in [3.63, 3.8) is 0 Å². The van der Waals surface area contributed by atoms with Crippen molar-refractivity contribution in [3.05, 3.63) is 0 Å². The minimum absolute atomic E-state index is 0.00259. The lowest BCUT2D eigenvalue weighted by molar-refractivity contribution is -0.137. The minimum atomic E-state index is -0.836. The van der Waals surface area contributed by atoms with Crippen molar-refractivity contribution in [2.24, 2.45) is 11.8 Å². The average molecular weight is 241 g/mol. The molecule has 1 fully saturated rings. The van der Waals surface area contributed by atoms with Crippen molar-refractivity contribution < 1.29 is 14.7 Å². The molecule has 0 heterocycles. The largest absolute Gasteiger partial charge is 0.481 e. The van der Waals surface area contributed by atoms with Crippen LogP contribution in [0.4, 0.5) is 0 Å². The van der Waals surface area contributed by atoms with E-state index < -0.39 is 5.97 Å². The molecular formula is C13H23NO3. The topological polar surface area (TPSA) is 66.4 Å². The van der Waals surface area contributed by atoms with E-state index in [1.807, 2.05) is 0 Å². The van der Waals surface area contributed by atoms with Gasteiger partial charge in [0.2, 0.25) is 5.91 Å². The van der Waals surface area contributed by atoms with E-state index in [4.69, 9.17) is 5.11 Å². The summed E-state index contributed by atoms with van der Waals surface area (Å²) in [7, 11) is 0. The van der Waals surface area contributed by atoms with Crippen molar-refractivity contribution in [2.75, 3.05) is 0 Å². The van der Waals surface area contributed by atoms with E-state index in [2.05, 4.69) is 19.2 Å². The molecule has 0 radical (unpaired) electrons. The number of hydrogen-bond acceptors (Lipinski definition) is 2. The summed E-state index contributed by atoms with van der Waals surface area (Å²) in [5, 5.41) is 11.5. The molecule has 0 aliphatic heterocycles. The summed E-state index contributed by atoms with van der Waals surface area (Å²) in [6, 6.07) is 0.274. The Morgan fingerprint density at radius 2 is 1.94 bits per heavy atom. The number of carboxylic acid groups (broad SMARTS) is 1. The Hall–Kier alpha value is -1.06. The smallest absolute Gasteiger partial charge is 0.303 e. The normalized spacial score (nSPS) is 28.7. The maximum Gasteiger partial charge on any atom is 0.303 e. The standard InChI is InChI=1S/C13H23NO3/c1-9-5-3-6-11(10(9)2)14-12(15)7-4-8-13(16)17/h9-11H,3-8H2,1-2H3,(H,14,15)(H,16,17)/t9-,10+,11-/m0/s1. The van der Waals surface area contributed by atoms with Crippen molar-refractivity contribution in [2.45, 2.75) is 58.4 Å². The van der Waals surface area contributed by atoms with Gasteiger partial charge in [0, 0.05) is 18.9 Å².